The molecule has 3 rings (SSSR count). The van der Waals surface area contributed by atoms with Crippen molar-refractivity contribution in [2.45, 2.75) is 0 Å². The number of amides is 2. The normalized spacial score (nSPS) is 10.0. The van der Waals surface area contributed by atoms with Crippen molar-refractivity contribution in [1.82, 2.24) is 0 Å². The molecule has 0 saturated heterocycles. The number of hydrogen-bond acceptors (Lipinski definition) is 3. The number of nitrogens with one attached hydrogen (secondary N) is 3. The van der Waals surface area contributed by atoms with Gasteiger partial charge in [0.25, 0.3) is 0 Å². The molecule has 0 aliphatic carbocycles. The number of rotatable bonds is 4. The van der Waals surface area contributed by atoms with E-state index < -0.39 is 17.6 Å². The molecular weight excluding hydrogens is 333 g/mol. The van der Waals surface area contributed by atoms with Crippen LogP contribution in [-0.2, 0) is 9.59 Å². The van der Waals surface area contributed by atoms with Crippen molar-refractivity contribution >= 4 is 34.6 Å². The van der Waals surface area contributed by atoms with Crippen molar-refractivity contribution in [1.29, 1.82) is 0 Å². The van der Waals surface area contributed by atoms with Crippen LogP contribution in [0.1, 0.15) is 0 Å². The van der Waals surface area contributed by atoms with Gasteiger partial charge in [-0.25, -0.2) is 4.39 Å². The number of anilines is 4. The van der Waals surface area contributed by atoms with Gasteiger partial charge in [0.15, 0.2) is 0 Å². The summed E-state index contributed by atoms with van der Waals surface area (Å²) in [5.41, 5.74) is 2.19. The number of benzene rings is 3. The Morgan fingerprint density at radius 3 is 1.85 bits per heavy atom. The van der Waals surface area contributed by atoms with Crippen LogP contribution in [-0.4, -0.2) is 11.8 Å². The average molecular weight is 349 g/mol. The van der Waals surface area contributed by atoms with E-state index in [1.807, 2.05) is 30.3 Å². The number of hydrogen-bond donors (Lipinski definition) is 3. The van der Waals surface area contributed by atoms with E-state index in [1.165, 1.54) is 18.2 Å². The molecule has 0 radical (unpaired) electrons. The van der Waals surface area contributed by atoms with Crippen molar-refractivity contribution in [3.63, 3.8) is 0 Å². The molecule has 3 N–H and O–H groups in total. The summed E-state index contributed by atoms with van der Waals surface area (Å²) in [5, 5.41) is 7.92. The first-order chi connectivity index (χ1) is 12.6. The zero-order valence-corrected chi connectivity index (χ0v) is 13.7. The number of carbonyl (C=O) groups is 2. The van der Waals surface area contributed by atoms with Crippen molar-refractivity contribution in [2.24, 2.45) is 0 Å². The highest BCUT2D eigenvalue weighted by Gasteiger charge is 2.15. The zero-order chi connectivity index (χ0) is 18.4. The van der Waals surface area contributed by atoms with Gasteiger partial charge in [0.1, 0.15) is 5.82 Å². The van der Waals surface area contributed by atoms with E-state index in [4.69, 9.17) is 0 Å². The molecule has 26 heavy (non-hydrogen) atoms. The van der Waals surface area contributed by atoms with Crippen LogP contribution in [0.15, 0.2) is 78.9 Å². The lowest BCUT2D eigenvalue weighted by atomic mass is 10.2. The van der Waals surface area contributed by atoms with Gasteiger partial charge in [0.05, 0.1) is 5.69 Å². The van der Waals surface area contributed by atoms with Gasteiger partial charge >= 0.3 is 11.8 Å². The lowest BCUT2D eigenvalue weighted by molar-refractivity contribution is -0.133. The highest BCUT2D eigenvalue weighted by molar-refractivity contribution is 6.43. The molecule has 0 aliphatic rings. The van der Waals surface area contributed by atoms with Crippen LogP contribution in [0.25, 0.3) is 0 Å². The van der Waals surface area contributed by atoms with Crippen LogP contribution in [0, 0.1) is 5.82 Å². The fourth-order valence-corrected chi connectivity index (χ4v) is 2.25. The molecule has 0 aromatic heterocycles. The van der Waals surface area contributed by atoms with E-state index in [0.29, 0.717) is 5.69 Å². The van der Waals surface area contributed by atoms with Gasteiger partial charge in [-0.3, -0.25) is 9.59 Å². The molecule has 0 aliphatic heterocycles. The first kappa shape index (κ1) is 17.2. The Morgan fingerprint density at radius 2 is 1.15 bits per heavy atom. The second-order valence-corrected chi connectivity index (χ2v) is 5.46. The van der Waals surface area contributed by atoms with E-state index in [9.17, 15) is 14.0 Å². The van der Waals surface area contributed by atoms with E-state index in [-0.39, 0.29) is 5.69 Å². The minimum absolute atomic E-state index is 0.0462. The largest absolute Gasteiger partial charge is 0.356 e. The van der Waals surface area contributed by atoms with Crippen LogP contribution in [0.4, 0.5) is 27.1 Å². The van der Waals surface area contributed by atoms with Crippen LogP contribution < -0.4 is 16.0 Å². The van der Waals surface area contributed by atoms with Gasteiger partial charge in [-0.2, -0.15) is 0 Å². The van der Waals surface area contributed by atoms with Crippen molar-refractivity contribution in [2.75, 3.05) is 16.0 Å². The predicted molar refractivity (Wildman–Crippen MR) is 99.8 cm³/mol. The maximum Gasteiger partial charge on any atom is 0.314 e. The zero-order valence-electron chi connectivity index (χ0n) is 13.7. The standard InChI is InChI=1S/C20H16FN3O2/c21-17-8-4-5-9-18(17)24-20(26)19(25)23-16-12-10-15(11-13-16)22-14-6-2-1-3-7-14/h1-13,22H,(H,23,25)(H,24,26). The third-order valence-corrected chi connectivity index (χ3v) is 3.53. The Morgan fingerprint density at radius 1 is 0.615 bits per heavy atom. The monoisotopic (exact) mass is 349 g/mol. The summed E-state index contributed by atoms with van der Waals surface area (Å²) < 4.78 is 13.5. The van der Waals surface area contributed by atoms with Crippen molar-refractivity contribution in [3.05, 3.63) is 84.7 Å². The summed E-state index contributed by atoms with van der Waals surface area (Å²) in [5.74, 6) is -2.43. The molecule has 0 bridgehead atoms. The third kappa shape index (κ3) is 4.45. The molecule has 130 valence electrons. The summed E-state index contributed by atoms with van der Waals surface area (Å²) in [6.07, 6.45) is 0. The molecule has 0 heterocycles. The van der Waals surface area contributed by atoms with Gasteiger partial charge in [-0.1, -0.05) is 30.3 Å². The van der Waals surface area contributed by atoms with Gasteiger partial charge in [0, 0.05) is 17.1 Å². The lowest BCUT2D eigenvalue weighted by Gasteiger charge is -2.09. The second kappa shape index (κ2) is 7.94. The van der Waals surface area contributed by atoms with Gasteiger partial charge in [0.2, 0.25) is 0 Å². The van der Waals surface area contributed by atoms with E-state index in [0.717, 1.165) is 11.4 Å². The molecule has 0 unspecified atom stereocenters. The molecule has 0 fully saturated rings. The highest BCUT2D eigenvalue weighted by Crippen LogP contribution is 2.19. The van der Waals surface area contributed by atoms with Crippen LogP contribution in [0.3, 0.4) is 0 Å². The molecule has 3 aromatic rings. The minimum Gasteiger partial charge on any atom is -0.356 e. The topological polar surface area (TPSA) is 70.2 Å². The van der Waals surface area contributed by atoms with Gasteiger partial charge < -0.3 is 16.0 Å². The van der Waals surface area contributed by atoms with E-state index in [2.05, 4.69) is 16.0 Å². The summed E-state index contributed by atoms with van der Waals surface area (Å²) in [6.45, 7) is 0. The van der Waals surface area contributed by atoms with Crippen LogP contribution >= 0.6 is 0 Å². The Balaban J connectivity index is 1.59. The number of carbonyl (C=O) groups excluding carboxylic acids is 2. The predicted octanol–water partition coefficient (Wildman–Crippen LogP) is 4.15. The Bertz CT molecular complexity index is 912. The molecule has 6 heteroatoms. The molecule has 0 atom stereocenters. The molecule has 5 nitrogen and oxygen atoms in total. The third-order valence-electron chi connectivity index (χ3n) is 3.53. The molecule has 2 amide bonds. The van der Waals surface area contributed by atoms with E-state index >= 15 is 0 Å². The summed E-state index contributed by atoms with van der Waals surface area (Å²) in [7, 11) is 0. The summed E-state index contributed by atoms with van der Waals surface area (Å²) in [6, 6.07) is 22.2. The lowest BCUT2D eigenvalue weighted by Crippen LogP contribution is -2.29. The first-order valence-electron chi connectivity index (χ1n) is 7.91. The van der Waals surface area contributed by atoms with Gasteiger partial charge in [-0.15, -0.1) is 0 Å². The average Bonchev–Trinajstić information content (AvgIpc) is 2.66. The van der Waals surface area contributed by atoms with Crippen molar-refractivity contribution < 1.29 is 14.0 Å². The second-order valence-electron chi connectivity index (χ2n) is 5.46. The van der Waals surface area contributed by atoms with Crippen LogP contribution in [0.2, 0.25) is 0 Å². The fraction of sp³-hybridized carbons (Fsp3) is 0. The summed E-state index contributed by atoms with van der Waals surface area (Å²) in [4.78, 5) is 23.8. The SMILES string of the molecule is O=C(Nc1ccc(Nc2ccccc2)cc1)C(=O)Nc1ccccc1F. The van der Waals surface area contributed by atoms with Crippen molar-refractivity contribution in [3.8, 4) is 0 Å². The molecular formula is C20H16FN3O2. The highest BCUT2D eigenvalue weighted by atomic mass is 19.1. The van der Waals surface area contributed by atoms with Gasteiger partial charge in [-0.05, 0) is 48.5 Å². The molecule has 0 saturated carbocycles. The maximum absolute atomic E-state index is 13.5. The summed E-state index contributed by atoms with van der Waals surface area (Å²) >= 11 is 0. The maximum atomic E-state index is 13.5. The van der Waals surface area contributed by atoms with Crippen LogP contribution in [0.5, 0.6) is 0 Å². The number of halogens is 1. The first-order valence-corrected chi connectivity index (χ1v) is 7.91. The smallest absolute Gasteiger partial charge is 0.314 e. The molecule has 3 aromatic carbocycles. The fourth-order valence-electron chi connectivity index (χ4n) is 2.25. The Labute approximate surface area is 149 Å². The van der Waals surface area contributed by atoms with E-state index in [1.54, 1.807) is 30.3 Å². The number of para-hydroxylation sites is 2. The Kier molecular flexibility index (Phi) is 5.24. The minimum atomic E-state index is -0.943. The Hall–Kier alpha value is -3.67. The quantitative estimate of drug-likeness (QED) is 0.620. The molecule has 0 spiro atoms.